The van der Waals surface area contributed by atoms with Gasteiger partial charge in [0, 0.05) is 17.1 Å². The molecule has 3 aromatic rings. The van der Waals surface area contributed by atoms with Crippen molar-refractivity contribution in [2.45, 2.75) is 37.6 Å². The maximum Gasteiger partial charge on any atom is 0.251 e. The number of allylic oxidation sites excluding steroid dienone is 1. The number of thioether (sulfide) groups is 1. The molecule has 0 bridgehead atoms. The zero-order valence-electron chi connectivity index (χ0n) is 18.5. The molecule has 0 radical (unpaired) electrons. The maximum absolute atomic E-state index is 12.6. The number of nitrogens with one attached hydrogen (secondary N) is 2. The second kappa shape index (κ2) is 11.7. The van der Waals surface area contributed by atoms with Crippen molar-refractivity contribution < 1.29 is 9.59 Å². The smallest absolute Gasteiger partial charge is 0.251 e. The van der Waals surface area contributed by atoms with Crippen LogP contribution in [0.2, 0.25) is 5.02 Å². The highest BCUT2D eigenvalue weighted by Crippen LogP contribution is 2.22. The van der Waals surface area contributed by atoms with Gasteiger partial charge in [-0.15, -0.1) is 16.8 Å². The maximum atomic E-state index is 12.6. The number of rotatable bonds is 10. The molecule has 0 saturated heterocycles. The molecular formula is C24H26ClN5O2S. The summed E-state index contributed by atoms with van der Waals surface area (Å²) in [7, 11) is 0. The van der Waals surface area contributed by atoms with Gasteiger partial charge in [-0.1, -0.05) is 59.8 Å². The third-order valence-corrected chi connectivity index (χ3v) is 6.13. The second-order valence-electron chi connectivity index (χ2n) is 7.43. The summed E-state index contributed by atoms with van der Waals surface area (Å²) >= 11 is 7.18. The standard InChI is InChI=1S/C24H26ClN5O2S/c1-4-14-30-22(17(3)27-23(32)19-10-12-20(25)13-11-19)28-29-24(30)33-15-21(31)26-16(2)18-8-6-5-7-9-18/h4-13,16-17H,1,14-15H2,2-3H3,(H,26,31)(H,27,32)/t16-,17+/m1/s1. The van der Waals surface area contributed by atoms with E-state index in [4.69, 9.17) is 11.6 Å². The topological polar surface area (TPSA) is 88.9 Å². The highest BCUT2D eigenvalue weighted by Gasteiger charge is 2.21. The van der Waals surface area contributed by atoms with Crippen molar-refractivity contribution in [3.05, 3.63) is 89.2 Å². The van der Waals surface area contributed by atoms with Crippen LogP contribution in [0.15, 0.2) is 72.4 Å². The molecule has 172 valence electrons. The number of carbonyl (C=O) groups excluding carboxylic acids is 2. The van der Waals surface area contributed by atoms with Crippen LogP contribution in [0.25, 0.3) is 0 Å². The first-order valence-electron chi connectivity index (χ1n) is 10.5. The van der Waals surface area contributed by atoms with E-state index in [9.17, 15) is 9.59 Å². The Labute approximate surface area is 202 Å². The van der Waals surface area contributed by atoms with E-state index in [0.29, 0.717) is 28.1 Å². The van der Waals surface area contributed by atoms with Crippen molar-refractivity contribution in [1.29, 1.82) is 0 Å². The van der Waals surface area contributed by atoms with Gasteiger partial charge in [0.2, 0.25) is 5.91 Å². The highest BCUT2D eigenvalue weighted by atomic mass is 35.5. The quantitative estimate of drug-likeness (QED) is 0.325. The van der Waals surface area contributed by atoms with Crippen LogP contribution < -0.4 is 10.6 Å². The largest absolute Gasteiger partial charge is 0.349 e. The number of halogens is 1. The minimum Gasteiger partial charge on any atom is -0.349 e. The molecule has 9 heteroatoms. The van der Waals surface area contributed by atoms with Gasteiger partial charge in [0.25, 0.3) is 5.91 Å². The predicted molar refractivity (Wildman–Crippen MR) is 131 cm³/mol. The van der Waals surface area contributed by atoms with Crippen LogP contribution in [0.4, 0.5) is 0 Å². The summed E-state index contributed by atoms with van der Waals surface area (Å²) in [5, 5.41) is 15.6. The Hall–Kier alpha value is -3.10. The molecule has 0 spiro atoms. The molecule has 1 aromatic heterocycles. The van der Waals surface area contributed by atoms with Crippen LogP contribution in [0.5, 0.6) is 0 Å². The van der Waals surface area contributed by atoms with Crippen LogP contribution in [-0.4, -0.2) is 32.3 Å². The first-order valence-corrected chi connectivity index (χ1v) is 11.8. The Kier molecular flexibility index (Phi) is 8.68. The van der Waals surface area contributed by atoms with E-state index in [0.717, 1.165) is 5.56 Å². The highest BCUT2D eigenvalue weighted by molar-refractivity contribution is 7.99. The fraction of sp³-hybridized carbons (Fsp3) is 0.250. The predicted octanol–water partition coefficient (Wildman–Crippen LogP) is 4.58. The van der Waals surface area contributed by atoms with E-state index in [-0.39, 0.29) is 23.6 Å². The summed E-state index contributed by atoms with van der Waals surface area (Å²) in [6.45, 7) is 8.03. The third-order valence-electron chi connectivity index (χ3n) is 4.91. The third kappa shape index (κ3) is 6.69. The van der Waals surface area contributed by atoms with Crippen molar-refractivity contribution in [3.8, 4) is 0 Å². The molecule has 33 heavy (non-hydrogen) atoms. The van der Waals surface area contributed by atoms with Gasteiger partial charge in [-0.2, -0.15) is 0 Å². The van der Waals surface area contributed by atoms with Crippen LogP contribution >= 0.6 is 23.4 Å². The van der Waals surface area contributed by atoms with Crippen LogP contribution in [-0.2, 0) is 11.3 Å². The number of amides is 2. The number of aromatic nitrogens is 3. The monoisotopic (exact) mass is 483 g/mol. The summed E-state index contributed by atoms with van der Waals surface area (Å²) in [5.41, 5.74) is 1.54. The summed E-state index contributed by atoms with van der Waals surface area (Å²) in [6, 6.07) is 15.9. The van der Waals surface area contributed by atoms with Crippen molar-refractivity contribution in [1.82, 2.24) is 25.4 Å². The van der Waals surface area contributed by atoms with E-state index >= 15 is 0 Å². The molecule has 0 aliphatic carbocycles. The van der Waals surface area contributed by atoms with Gasteiger partial charge in [0.05, 0.1) is 17.8 Å². The van der Waals surface area contributed by atoms with Crippen molar-refractivity contribution in [3.63, 3.8) is 0 Å². The van der Waals surface area contributed by atoms with E-state index in [1.54, 1.807) is 30.3 Å². The van der Waals surface area contributed by atoms with Gasteiger partial charge in [0.1, 0.15) is 0 Å². The second-order valence-corrected chi connectivity index (χ2v) is 8.81. The van der Waals surface area contributed by atoms with E-state index in [1.807, 2.05) is 48.7 Å². The molecule has 0 aliphatic rings. The Morgan fingerprint density at radius 1 is 1.06 bits per heavy atom. The van der Waals surface area contributed by atoms with Gasteiger partial charge in [-0.25, -0.2) is 0 Å². The zero-order valence-corrected chi connectivity index (χ0v) is 20.1. The van der Waals surface area contributed by atoms with Gasteiger partial charge < -0.3 is 15.2 Å². The average Bonchev–Trinajstić information content (AvgIpc) is 3.21. The number of hydrogen-bond donors (Lipinski definition) is 2. The summed E-state index contributed by atoms with van der Waals surface area (Å²) in [4.78, 5) is 25.0. The van der Waals surface area contributed by atoms with Gasteiger partial charge >= 0.3 is 0 Å². The van der Waals surface area contributed by atoms with Crippen LogP contribution in [0, 0.1) is 0 Å². The van der Waals surface area contributed by atoms with Gasteiger partial charge in [0.15, 0.2) is 11.0 Å². The molecule has 0 saturated carbocycles. The normalized spacial score (nSPS) is 12.6. The number of hydrogen-bond acceptors (Lipinski definition) is 5. The average molecular weight is 484 g/mol. The summed E-state index contributed by atoms with van der Waals surface area (Å²) in [6.07, 6.45) is 1.72. The number of benzene rings is 2. The zero-order chi connectivity index (χ0) is 23.8. The van der Waals surface area contributed by atoms with Crippen molar-refractivity contribution in [2.24, 2.45) is 0 Å². The molecular weight excluding hydrogens is 458 g/mol. The Bertz CT molecular complexity index is 1100. The molecule has 0 unspecified atom stereocenters. The van der Waals surface area contributed by atoms with Crippen molar-refractivity contribution in [2.75, 3.05) is 5.75 Å². The van der Waals surface area contributed by atoms with Crippen LogP contribution in [0.3, 0.4) is 0 Å². The van der Waals surface area contributed by atoms with Crippen LogP contribution in [0.1, 0.15) is 47.7 Å². The Morgan fingerprint density at radius 2 is 1.76 bits per heavy atom. The first kappa shape index (κ1) is 24.5. The molecule has 0 aliphatic heterocycles. The minimum atomic E-state index is -0.401. The Balaban J connectivity index is 1.63. The first-order chi connectivity index (χ1) is 15.9. The number of nitrogens with zero attached hydrogens (tertiary/aromatic N) is 3. The SMILES string of the molecule is C=CCn1c(SCC(=O)N[C@H](C)c2ccccc2)nnc1[C@H](C)NC(=O)c1ccc(Cl)cc1. The van der Waals surface area contributed by atoms with Gasteiger partial charge in [-0.05, 0) is 43.7 Å². The molecule has 3 rings (SSSR count). The molecule has 2 N–H and O–H groups in total. The summed E-state index contributed by atoms with van der Waals surface area (Å²) < 4.78 is 1.85. The molecule has 0 fully saturated rings. The lowest BCUT2D eigenvalue weighted by atomic mass is 10.1. The lowest BCUT2D eigenvalue weighted by Gasteiger charge is -2.16. The van der Waals surface area contributed by atoms with Crippen molar-refractivity contribution >= 4 is 35.2 Å². The number of carbonyl (C=O) groups is 2. The molecule has 7 nitrogen and oxygen atoms in total. The summed E-state index contributed by atoms with van der Waals surface area (Å²) in [5.74, 6) is 0.432. The lowest BCUT2D eigenvalue weighted by Crippen LogP contribution is -2.29. The van der Waals surface area contributed by atoms with E-state index in [2.05, 4.69) is 27.4 Å². The Morgan fingerprint density at radius 3 is 2.42 bits per heavy atom. The van der Waals surface area contributed by atoms with E-state index < -0.39 is 6.04 Å². The lowest BCUT2D eigenvalue weighted by molar-refractivity contribution is -0.119. The minimum absolute atomic E-state index is 0.0935. The van der Waals surface area contributed by atoms with Gasteiger partial charge in [-0.3, -0.25) is 9.59 Å². The molecule has 2 amide bonds. The molecule has 1 heterocycles. The molecule has 2 aromatic carbocycles. The fourth-order valence-electron chi connectivity index (χ4n) is 3.21. The molecule has 2 atom stereocenters. The fourth-order valence-corrected chi connectivity index (χ4v) is 4.10. The van der Waals surface area contributed by atoms with E-state index in [1.165, 1.54) is 11.8 Å².